The number of nitrogens with zero attached hydrogens (tertiary/aromatic N) is 1. The number of amides is 1. The average Bonchev–Trinajstić information content (AvgIpc) is 2.68. The van der Waals surface area contributed by atoms with Crippen molar-refractivity contribution < 1.29 is 4.79 Å². The van der Waals surface area contributed by atoms with Gasteiger partial charge in [-0.05, 0) is 87.9 Å². The number of rotatable bonds is 2. The van der Waals surface area contributed by atoms with Crippen molar-refractivity contribution in [2.45, 2.75) is 51.4 Å². The van der Waals surface area contributed by atoms with Crippen molar-refractivity contribution in [1.29, 1.82) is 0 Å². The molecule has 2 saturated heterocycles. The van der Waals surface area contributed by atoms with Crippen LogP contribution in [-0.4, -0.2) is 42.0 Å². The van der Waals surface area contributed by atoms with Gasteiger partial charge in [-0.25, -0.2) is 0 Å². The highest BCUT2D eigenvalue weighted by Gasteiger charge is 2.30. The van der Waals surface area contributed by atoms with E-state index < -0.39 is 0 Å². The summed E-state index contributed by atoms with van der Waals surface area (Å²) < 4.78 is 0. The van der Waals surface area contributed by atoms with E-state index in [0.29, 0.717) is 5.56 Å². The number of pyridine rings is 1. The Balaban J connectivity index is 0.00000131. The van der Waals surface area contributed by atoms with Gasteiger partial charge in [-0.1, -0.05) is 0 Å². The Morgan fingerprint density at radius 1 is 0.963 bits per heavy atom. The molecule has 2 fully saturated rings. The van der Waals surface area contributed by atoms with Crippen molar-refractivity contribution in [3.8, 4) is 0 Å². The molecule has 2 aliphatic heterocycles. The molecule has 4 rings (SSSR count). The molecule has 5 nitrogen and oxygen atoms in total. The van der Waals surface area contributed by atoms with E-state index in [4.69, 9.17) is 0 Å². The number of H-pyrrole nitrogens is 1. The van der Waals surface area contributed by atoms with Crippen molar-refractivity contribution in [2.24, 2.45) is 11.8 Å². The van der Waals surface area contributed by atoms with E-state index in [1.165, 1.54) is 18.4 Å². The number of likely N-dealkylation sites (tertiary alicyclic amines) is 1. The Bertz CT molecular complexity index is 693. The molecule has 1 aliphatic carbocycles. The molecule has 3 aliphatic rings. The molecule has 2 N–H and O–H groups in total. The lowest BCUT2D eigenvalue weighted by Gasteiger charge is -2.37. The highest BCUT2D eigenvalue weighted by molar-refractivity contribution is 5.94. The van der Waals surface area contributed by atoms with E-state index in [9.17, 15) is 9.59 Å². The Kier molecular flexibility index (Phi) is 8.20. The maximum Gasteiger partial charge on any atom is 0.261 e. The third kappa shape index (κ3) is 4.87. The predicted molar refractivity (Wildman–Crippen MR) is 112 cm³/mol. The second-order valence-electron chi connectivity index (χ2n) is 7.94. The van der Waals surface area contributed by atoms with Crippen LogP contribution < -0.4 is 10.9 Å². The molecule has 0 aromatic carbocycles. The number of carbonyl (C=O) groups is 1. The molecular formula is C20H31Cl2N3O2. The summed E-state index contributed by atoms with van der Waals surface area (Å²) >= 11 is 0. The number of hydrogen-bond donors (Lipinski definition) is 2. The molecular weight excluding hydrogens is 385 g/mol. The lowest BCUT2D eigenvalue weighted by atomic mass is 9.79. The monoisotopic (exact) mass is 415 g/mol. The number of halogens is 2. The lowest BCUT2D eigenvalue weighted by Crippen LogP contribution is -2.43. The fourth-order valence-corrected chi connectivity index (χ4v) is 4.89. The van der Waals surface area contributed by atoms with Crippen LogP contribution in [0.5, 0.6) is 0 Å². The molecule has 1 aromatic rings. The molecule has 3 heterocycles. The van der Waals surface area contributed by atoms with E-state index in [-0.39, 0.29) is 36.3 Å². The molecule has 0 spiro atoms. The fourth-order valence-electron chi connectivity index (χ4n) is 4.89. The maximum absolute atomic E-state index is 12.9. The summed E-state index contributed by atoms with van der Waals surface area (Å²) in [6.07, 6.45) is 8.88. The Morgan fingerprint density at radius 3 is 2.30 bits per heavy atom. The minimum absolute atomic E-state index is 0. The molecule has 152 valence electrons. The Hall–Kier alpha value is -1.04. The number of aryl methyl sites for hydroxylation is 2. The van der Waals surface area contributed by atoms with Crippen LogP contribution in [0.1, 0.15) is 60.1 Å². The summed E-state index contributed by atoms with van der Waals surface area (Å²) in [6, 6.07) is 1.87. The molecule has 0 radical (unpaired) electrons. The van der Waals surface area contributed by atoms with Crippen LogP contribution in [0.4, 0.5) is 0 Å². The number of hydrogen-bond acceptors (Lipinski definition) is 3. The van der Waals surface area contributed by atoms with Crippen molar-refractivity contribution in [3.05, 3.63) is 33.2 Å². The molecule has 0 atom stereocenters. The molecule has 0 unspecified atom stereocenters. The fraction of sp³-hybridized carbons (Fsp3) is 0.700. The van der Waals surface area contributed by atoms with Gasteiger partial charge >= 0.3 is 0 Å². The molecule has 0 saturated carbocycles. The first kappa shape index (κ1) is 22.3. The van der Waals surface area contributed by atoms with Crippen LogP contribution >= 0.6 is 24.8 Å². The summed E-state index contributed by atoms with van der Waals surface area (Å²) in [7, 11) is 0. The quantitative estimate of drug-likeness (QED) is 0.779. The van der Waals surface area contributed by atoms with Crippen molar-refractivity contribution >= 4 is 30.7 Å². The van der Waals surface area contributed by atoms with Crippen LogP contribution in [0.3, 0.4) is 0 Å². The van der Waals surface area contributed by atoms with Gasteiger partial charge in [0.2, 0.25) is 0 Å². The topological polar surface area (TPSA) is 65.2 Å². The summed E-state index contributed by atoms with van der Waals surface area (Å²) in [5.41, 5.74) is 2.35. The van der Waals surface area contributed by atoms with Gasteiger partial charge in [0.1, 0.15) is 5.56 Å². The van der Waals surface area contributed by atoms with Gasteiger partial charge in [-0.3, -0.25) is 9.59 Å². The third-order valence-electron chi connectivity index (χ3n) is 6.45. The van der Waals surface area contributed by atoms with Gasteiger partial charge < -0.3 is 15.2 Å². The first-order valence-corrected chi connectivity index (χ1v) is 9.97. The number of aromatic amines is 1. The average molecular weight is 416 g/mol. The summed E-state index contributed by atoms with van der Waals surface area (Å²) in [5.74, 6) is 1.48. The minimum atomic E-state index is -0.203. The molecule has 27 heavy (non-hydrogen) atoms. The van der Waals surface area contributed by atoms with Crippen LogP contribution in [-0.2, 0) is 12.8 Å². The summed E-state index contributed by atoms with van der Waals surface area (Å²) in [6.45, 7) is 3.86. The first-order valence-electron chi connectivity index (χ1n) is 9.97. The second kappa shape index (κ2) is 9.94. The summed E-state index contributed by atoms with van der Waals surface area (Å²) in [5, 5.41) is 3.43. The zero-order valence-electron chi connectivity index (χ0n) is 15.8. The molecule has 1 aromatic heterocycles. The van der Waals surface area contributed by atoms with Gasteiger partial charge in [-0.15, -0.1) is 24.8 Å². The Morgan fingerprint density at radius 2 is 1.59 bits per heavy atom. The normalized spacial score (nSPS) is 21.0. The first-order chi connectivity index (χ1) is 12.2. The zero-order valence-corrected chi connectivity index (χ0v) is 17.4. The standard InChI is InChI=1S/C20H29N3O2.2ClH/c24-19-17(13-16-3-1-2-4-18(16)22-19)20(25)23-11-7-15(8-12-23)14-5-9-21-10-6-14;;/h13-15,21H,1-12H2,(H,22,24);2*1H. The van der Waals surface area contributed by atoms with Crippen molar-refractivity contribution in [1.82, 2.24) is 15.2 Å². The van der Waals surface area contributed by atoms with E-state index >= 15 is 0 Å². The number of nitrogens with one attached hydrogen (secondary N) is 2. The smallest absolute Gasteiger partial charge is 0.261 e. The summed E-state index contributed by atoms with van der Waals surface area (Å²) in [4.78, 5) is 30.1. The Labute approximate surface area is 173 Å². The van der Waals surface area contributed by atoms with Crippen molar-refractivity contribution in [2.75, 3.05) is 26.2 Å². The largest absolute Gasteiger partial charge is 0.338 e. The third-order valence-corrected chi connectivity index (χ3v) is 6.45. The molecule has 7 heteroatoms. The zero-order chi connectivity index (χ0) is 17.2. The molecule has 0 bridgehead atoms. The van der Waals surface area contributed by atoms with E-state index in [1.54, 1.807) is 0 Å². The molecule has 1 amide bonds. The van der Waals surface area contributed by atoms with Gasteiger partial charge in [0.15, 0.2) is 0 Å². The van der Waals surface area contributed by atoms with E-state index in [0.717, 1.165) is 82.2 Å². The van der Waals surface area contributed by atoms with Crippen LogP contribution in [0, 0.1) is 11.8 Å². The SMILES string of the molecule is Cl.Cl.O=C(c1cc2c([nH]c1=O)CCCC2)N1CCC(C2CCNCC2)CC1. The van der Waals surface area contributed by atoms with Crippen LogP contribution in [0.25, 0.3) is 0 Å². The predicted octanol–water partition coefficient (Wildman–Crippen LogP) is 2.95. The van der Waals surface area contributed by atoms with Gasteiger partial charge in [-0.2, -0.15) is 0 Å². The highest BCUT2D eigenvalue weighted by atomic mass is 35.5. The van der Waals surface area contributed by atoms with Crippen LogP contribution in [0.2, 0.25) is 0 Å². The van der Waals surface area contributed by atoms with Gasteiger partial charge in [0, 0.05) is 18.8 Å². The number of fused-ring (bicyclic) bond motifs is 1. The number of piperidine rings is 2. The van der Waals surface area contributed by atoms with Crippen LogP contribution in [0.15, 0.2) is 10.9 Å². The second-order valence-corrected chi connectivity index (χ2v) is 7.94. The number of aromatic nitrogens is 1. The van der Waals surface area contributed by atoms with Crippen molar-refractivity contribution in [3.63, 3.8) is 0 Å². The van der Waals surface area contributed by atoms with E-state index in [2.05, 4.69) is 10.3 Å². The van der Waals surface area contributed by atoms with Gasteiger partial charge in [0.25, 0.3) is 11.5 Å². The highest BCUT2D eigenvalue weighted by Crippen LogP contribution is 2.31. The van der Waals surface area contributed by atoms with E-state index in [1.807, 2.05) is 11.0 Å². The van der Waals surface area contributed by atoms with Gasteiger partial charge in [0.05, 0.1) is 0 Å². The lowest BCUT2D eigenvalue weighted by molar-refractivity contribution is 0.0640. The minimum Gasteiger partial charge on any atom is -0.338 e. The number of carbonyl (C=O) groups excluding carboxylic acids is 1. The maximum atomic E-state index is 12.9.